The molecule has 0 bridgehead atoms. The third-order valence-electron chi connectivity index (χ3n) is 2.54. The second-order valence-electron chi connectivity index (χ2n) is 4.33. The average molecular weight is 301 g/mol. The summed E-state index contributed by atoms with van der Waals surface area (Å²) in [6.45, 7) is 1.25. The van der Waals surface area contributed by atoms with Crippen molar-refractivity contribution in [2.75, 3.05) is 27.2 Å². The van der Waals surface area contributed by atoms with Gasteiger partial charge < -0.3 is 15.5 Å². The van der Waals surface area contributed by atoms with Crippen molar-refractivity contribution >= 4 is 23.3 Å². The third-order valence-corrected chi connectivity index (χ3v) is 2.77. The van der Waals surface area contributed by atoms with Crippen LogP contribution >= 0.6 is 11.6 Å². The maximum atomic E-state index is 11.2. The summed E-state index contributed by atoms with van der Waals surface area (Å²) in [5.74, 6) is 0. The van der Waals surface area contributed by atoms with E-state index < -0.39 is 4.92 Å². The van der Waals surface area contributed by atoms with Gasteiger partial charge in [0.05, 0.1) is 4.92 Å². The molecule has 0 atom stereocenters. The lowest BCUT2D eigenvalue weighted by Crippen LogP contribution is -2.38. The molecule has 0 unspecified atom stereocenters. The van der Waals surface area contributed by atoms with Gasteiger partial charge >= 0.3 is 6.03 Å². The SMILES string of the molecule is CN(C)C(=O)NCCNCc1cc(Cl)ccc1[N+](=O)[O-]. The van der Waals surface area contributed by atoms with Gasteiger partial charge in [0.2, 0.25) is 0 Å². The Labute approximate surface area is 122 Å². The first-order valence-electron chi connectivity index (χ1n) is 6.00. The molecular formula is C12H17ClN4O3. The van der Waals surface area contributed by atoms with Gasteiger partial charge in [-0.1, -0.05) is 11.6 Å². The van der Waals surface area contributed by atoms with Gasteiger partial charge in [0.1, 0.15) is 0 Å². The van der Waals surface area contributed by atoms with E-state index in [9.17, 15) is 14.9 Å². The summed E-state index contributed by atoms with van der Waals surface area (Å²) in [5, 5.41) is 17.0. The van der Waals surface area contributed by atoms with Crippen LogP contribution in [0.25, 0.3) is 0 Å². The van der Waals surface area contributed by atoms with Crippen molar-refractivity contribution < 1.29 is 9.72 Å². The van der Waals surface area contributed by atoms with Crippen LogP contribution in [0.4, 0.5) is 10.5 Å². The first-order valence-corrected chi connectivity index (χ1v) is 6.38. The van der Waals surface area contributed by atoms with Crippen LogP contribution in [0.3, 0.4) is 0 Å². The van der Waals surface area contributed by atoms with Crippen molar-refractivity contribution in [3.63, 3.8) is 0 Å². The molecule has 110 valence electrons. The number of nitrogens with zero attached hydrogens (tertiary/aromatic N) is 2. The van der Waals surface area contributed by atoms with E-state index in [4.69, 9.17) is 11.6 Å². The van der Waals surface area contributed by atoms with Crippen LogP contribution in [-0.4, -0.2) is 43.0 Å². The van der Waals surface area contributed by atoms with E-state index in [0.717, 1.165) is 0 Å². The van der Waals surface area contributed by atoms with Crippen molar-refractivity contribution in [2.24, 2.45) is 0 Å². The maximum absolute atomic E-state index is 11.2. The second-order valence-corrected chi connectivity index (χ2v) is 4.77. The molecule has 0 aromatic heterocycles. The Balaban J connectivity index is 2.44. The van der Waals surface area contributed by atoms with E-state index in [1.807, 2.05) is 0 Å². The zero-order valence-corrected chi connectivity index (χ0v) is 12.1. The summed E-state index contributed by atoms with van der Waals surface area (Å²) in [5.41, 5.74) is 0.542. The molecule has 0 fully saturated rings. The molecule has 0 saturated heterocycles. The molecule has 1 aromatic rings. The molecule has 2 amide bonds. The predicted octanol–water partition coefficient (Wildman–Crippen LogP) is 1.61. The monoisotopic (exact) mass is 300 g/mol. The number of hydrogen-bond donors (Lipinski definition) is 2. The molecule has 20 heavy (non-hydrogen) atoms. The summed E-state index contributed by atoms with van der Waals surface area (Å²) >= 11 is 5.83. The molecule has 2 N–H and O–H groups in total. The van der Waals surface area contributed by atoms with Gasteiger partial charge in [0, 0.05) is 50.4 Å². The summed E-state index contributed by atoms with van der Waals surface area (Å²) < 4.78 is 0. The van der Waals surface area contributed by atoms with Crippen molar-refractivity contribution in [3.05, 3.63) is 38.9 Å². The Morgan fingerprint density at radius 2 is 2.10 bits per heavy atom. The minimum absolute atomic E-state index is 0.0271. The van der Waals surface area contributed by atoms with Crippen LogP contribution in [0.15, 0.2) is 18.2 Å². The molecular weight excluding hydrogens is 284 g/mol. The summed E-state index contributed by atoms with van der Waals surface area (Å²) in [4.78, 5) is 23.1. The van der Waals surface area contributed by atoms with Crippen LogP contribution in [0, 0.1) is 10.1 Å². The van der Waals surface area contributed by atoms with E-state index in [-0.39, 0.29) is 11.7 Å². The van der Waals surface area contributed by atoms with Gasteiger partial charge in [0.25, 0.3) is 5.69 Å². The Bertz CT molecular complexity index is 494. The van der Waals surface area contributed by atoms with Gasteiger partial charge in [0.15, 0.2) is 0 Å². The number of rotatable bonds is 6. The van der Waals surface area contributed by atoms with Crippen molar-refractivity contribution in [1.29, 1.82) is 0 Å². The van der Waals surface area contributed by atoms with Crippen molar-refractivity contribution in [2.45, 2.75) is 6.54 Å². The number of amides is 2. The fraction of sp³-hybridized carbons (Fsp3) is 0.417. The Morgan fingerprint density at radius 1 is 1.40 bits per heavy atom. The lowest BCUT2D eigenvalue weighted by atomic mass is 10.2. The normalized spacial score (nSPS) is 10.2. The minimum atomic E-state index is -0.443. The average Bonchev–Trinajstić information content (AvgIpc) is 2.37. The zero-order chi connectivity index (χ0) is 15.1. The number of urea groups is 1. The highest BCUT2D eigenvalue weighted by molar-refractivity contribution is 6.30. The molecule has 7 nitrogen and oxygen atoms in total. The summed E-state index contributed by atoms with van der Waals surface area (Å²) in [7, 11) is 3.30. The third kappa shape index (κ3) is 5.02. The molecule has 0 aliphatic carbocycles. The van der Waals surface area contributed by atoms with Crippen LogP contribution in [-0.2, 0) is 6.54 Å². The fourth-order valence-electron chi connectivity index (χ4n) is 1.51. The number of nitro groups is 1. The van der Waals surface area contributed by atoms with E-state index in [1.165, 1.54) is 17.0 Å². The quantitative estimate of drug-likeness (QED) is 0.474. The van der Waals surface area contributed by atoms with Gasteiger partial charge in [-0.05, 0) is 12.1 Å². The number of benzene rings is 1. The lowest BCUT2D eigenvalue weighted by molar-refractivity contribution is -0.385. The minimum Gasteiger partial charge on any atom is -0.337 e. The first kappa shape index (κ1) is 16.2. The van der Waals surface area contributed by atoms with Gasteiger partial charge in [-0.25, -0.2) is 4.79 Å². The number of nitrogens with one attached hydrogen (secondary N) is 2. The highest BCUT2D eigenvalue weighted by Crippen LogP contribution is 2.22. The van der Waals surface area contributed by atoms with Crippen LogP contribution in [0.5, 0.6) is 0 Å². The number of halogens is 1. The van der Waals surface area contributed by atoms with Gasteiger partial charge in [-0.2, -0.15) is 0 Å². The summed E-state index contributed by atoms with van der Waals surface area (Å²) in [6.07, 6.45) is 0. The Kier molecular flexibility index (Phi) is 6.20. The molecule has 0 aliphatic rings. The molecule has 8 heteroatoms. The van der Waals surface area contributed by atoms with Crippen LogP contribution in [0.2, 0.25) is 5.02 Å². The molecule has 0 spiro atoms. The van der Waals surface area contributed by atoms with Crippen molar-refractivity contribution in [3.8, 4) is 0 Å². The standard InChI is InChI=1S/C12H17ClN4O3/c1-16(2)12(18)15-6-5-14-8-9-7-10(13)3-4-11(9)17(19)20/h3-4,7,14H,5-6,8H2,1-2H3,(H,15,18). The summed E-state index contributed by atoms with van der Waals surface area (Å²) in [6, 6.07) is 4.25. The van der Waals surface area contributed by atoms with E-state index in [2.05, 4.69) is 10.6 Å². The lowest BCUT2D eigenvalue weighted by Gasteiger charge is -2.12. The fourth-order valence-corrected chi connectivity index (χ4v) is 1.71. The molecule has 0 radical (unpaired) electrons. The van der Waals surface area contributed by atoms with E-state index >= 15 is 0 Å². The molecule has 0 heterocycles. The molecule has 1 rings (SSSR count). The van der Waals surface area contributed by atoms with Crippen LogP contribution < -0.4 is 10.6 Å². The van der Waals surface area contributed by atoms with Crippen LogP contribution in [0.1, 0.15) is 5.56 Å². The van der Waals surface area contributed by atoms with Gasteiger partial charge in [-0.15, -0.1) is 0 Å². The highest BCUT2D eigenvalue weighted by atomic mass is 35.5. The van der Waals surface area contributed by atoms with Crippen molar-refractivity contribution in [1.82, 2.24) is 15.5 Å². The number of carbonyl (C=O) groups excluding carboxylic acids is 1. The van der Waals surface area contributed by atoms with E-state index in [0.29, 0.717) is 30.2 Å². The largest absolute Gasteiger partial charge is 0.337 e. The maximum Gasteiger partial charge on any atom is 0.316 e. The molecule has 0 aliphatic heterocycles. The van der Waals surface area contributed by atoms with Gasteiger partial charge in [-0.3, -0.25) is 10.1 Å². The number of carbonyl (C=O) groups is 1. The second kappa shape index (κ2) is 7.66. The smallest absolute Gasteiger partial charge is 0.316 e. The highest BCUT2D eigenvalue weighted by Gasteiger charge is 2.13. The number of hydrogen-bond acceptors (Lipinski definition) is 4. The number of nitro benzene ring substituents is 1. The molecule has 1 aromatic carbocycles. The Hall–Kier alpha value is -1.86. The molecule has 0 saturated carbocycles. The zero-order valence-electron chi connectivity index (χ0n) is 11.4. The predicted molar refractivity (Wildman–Crippen MR) is 76.9 cm³/mol. The Morgan fingerprint density at radius 3 is 2.70 bits per heavy atom. The topological polar surface area (TPSA) is 87.5 Å². The van der Waals surface area contributed by atoms with E-state index in [1.54, 1.807) is 20.2 Å². The first-order chi connectivity index (χ1) is 9.41.